The first-order chi connectivity index (χ1) is 13.0. The second-order valence-electron chi connectivity index (χ2n) is 7.66. The van der Waals surface area contributed by atoms with Gasteiger partial charge in [0, 0.05) is 24.7 Å². The highest BCUT2D eigenvalue weighted by Gasteiger charge is 2.38. The maximum Gasteiger partial charge on any atom is 0.262 e. The summed E-state index contributed by atoms with van der Waals surface area (Å²) in [6, 6.07) is 6.62. The van der Waals surface area contributed by atoms with Crippen LogP contribution in [-0.4, -0.2) is 38.8 Å². The number of nitrogens with zero attached hydrogens (tertiary/aromatic N) is 1. The number of benzene rings is 1. The monoisotopic (exact) mass is 390 g/mol. The molecule has 1 saturated heterocycles. The number of anilines is 1. The molecule has 0 aromatic heterocycles. The largest absolute Gasteiger partial charge is 0.325 e. The standard InChI is InChI=1S/C19H26N4O3S/c24-19(17-11-13-5-1-2-8-16(13)22-17)21-14-6-3-7-15(12-14)27(25,26)23-18-9-4-10-20-18/h3,6-7,12-13,16-17,22H,1-2,4-5,8-11H2,(H,20,23)(H,21,24). The van der Waals surface area contributed by atoms with Gasteiger partial charge in [0.2, 0.25) is 5.91 Å². The van der Waals surface area contributed by atoms with Crippen molar-refractivity contribution in [2.24, 2.45) is 10.9 Å². The maximum absolute atomic E-state index is 12.6. The van der Waals surface area contributed by atoms with Crippen molar-refractivity contribution >= 4 is 27.5 Å². The fourth-order valence-electron chi connectivity index (χ4n) is 4.33. The lowest BCUT2D eigenvalue weighted by molar-refractivity contribution is -0.117. The molecule has 3 N–H and O–H groups in total. The summed E-state index contributed by atoms with van der Waals surface area (Å²) in [5.41, 5.74) is 0.493. The van der Waals surface area contributed by atoms with Gasteiger partial charge < -0.3 is 10.6 Å². The van der Waals surface area contributed by atoms with E-state index in [0.717, 1.165) is 19.3 Å². The first-order valence-electron chi connectivity index (χ1n) is 9.74. The van der Waals surface area contributed by atoms with Gasteiger partial charge >= 0.3 is 0 Å². The number of sulfonamides is 1. The van der Waals surface area contributed by atoms with Crippen molar-refractivity contribution in [1.82, 2.24) is 10.0 Å². The number of nitrogens with one attached hydrogen (secondary N) is 3. The summed E-state index contributed by atoms with van der Waals surface area (Å²) in [5.74, 6) is 0.992. The lowest BCUT2D eigenvalue weighted by Gasteiger charge is -2.24. The average molecular weight is 391 g/mol. The quantitative estimate of drug-likeness (QED) is 0.732. The van der Waals surface area contributed by atoms with Crippen molar-refractivity contribution in [2.75, 3.05) is 11.9 Å². The molecule has 3 unspecified atom stereocenters. The summed E-state index contributed by atoms with van der Waals surface area (Å²) in [5, 5.41) is 6.32. The van der Waals surface area contributed by atoms with Crippen LogP contribution >= 0.6 is 0 Å². The fourth-order valence-corrected chi connectivity index (χ4v) is 5.46. The number of amides is 1. The zero-order valence-electron chi connectivity index (χ0n) is 15.3. The molecule has 0 spiro atoms. The molecule has 146 valence electrons. The van der Waals surface area contributed by atoms with E-state index < -0.39 is 10.0 Å². The zero-order chi connectivity index (χ0) is 18.9. The Balaban J connectivity index is 1.42. The Morgan fingerprint density at radius 1 is 1.19 bits per heavy atom. The topological polar surface area (TPSA) is 99.7 Å². The SMILES string of the molecule is O=C(Nc1cccc(S(=O)(=O)NC2=NCCC2)c1)C1CC2CCCCC2N1. The third-order valence-corrected chi connectivity index (χ3v) is 7.10. The van der Waals surface area contributed by atoms with Crippen molar-refractivity contribution in [3.8, 4) is 0 Å². The number of amidine groups is 1. The van der Waals surface area contributed by atoms with Crippen LogP contribution in [0.4, 0.5) is 5.69 Å². The van der Waals surface area contributed by atoms with E-state index >= 15 is 0 Å². The van der Waals surface area contributed by atoms with E-state index in [1.807, 2.05) is 0 Å². The molecule has 1 amide bonds. The summed E-state index contributed by atoms with van der Waals surface area (Å²) < 4.78 is 27.6. The molecule has 1 saturated carbocycles. The smallest absolute Gasteiger partial charge is 0.262 e. The summed E-state index contributed by atoms with van der Waals surface area (Å²) in [4.78, 5) is 16.9. The highest BCUT2D eigenvalue weighted by molar-refractivity contribution is 7.90. The van der Waals surface area contributed by atoms with Crippen molar-refractivity contribution < 1.29 is 13.2 Å². The predicted molar refractivity (Wildman–Crippen MR) is 104 cm³/mol. The molecular formula is C19H26N4O3S. The Hall–Kier alpha value is -1.93. The van der Waals surface area contributed by atoms with Gasteiger partial charge in [-0.15, -0.1) is 0 Å². The van der Waals surface area contributed by atoms with Gasteiger partial charge in [0.05, 0.1) is 10.9 Å². The molecule has 0 bridgehead atoms. The van der Waals surface area contributed by atoms with Crippen LogP contribution in [0.15, 0.2) is 34.2 Å². The Kier molecular flexibility index (Phi) is 5.19. The molecule has 8 heteroatoms. The number of carbonyl (C=O) groups is 1. The summed E-state index contributed by atoms with van der Waals surface area (Å²) in [7, 11) is -3.69. The van der Waals surface area contributed by atoms with Crippen LogP contribution in [0.3, 0.4) is 0 Å². The normalized spacial score (nSPS) is 27.7. The van der Waals surface area contributed by atoms with E-state index in [4.69, 9.17) is 0 Å². The minimum absolute atomic E-state index is 0.0907. The average Bonchev–Trinajstić information content (AvgIpc) is 3.31. The third kappa shape index (κ3) is 4.16. The lowest BCUT2D eigenvalue weighted by Crippen LogP contribution is -2.39. The minimum atomic E-state index is -3.69. The molecule has 27 heavy (non-hydrogen) atoms. The van der Waals surface area contributed by atoms with Gasteiger partial charge in [0.1, 0.15) is 5.84 Å². The van der Waals surface area contributed by atoms with Gasteiger partial charge in [-0.25, -0.2) is 8.42 Å². The molecule has 2 fully saturated rings. The van der Waals surface area contributed by atoms with E-state index in [9.17, 15) is 13.2 Å². The van der Waals surface area contributed by atoms with E-state index in [-0.39, 0.29) is 16.8 Å². The molecule has 3 aliphatic rings. The van der Waals surface area contributed by atoms with E-state index in [2.05, 4.69) is 20.3 Å². The van der Waals surface area contributed by atoms with Crippen LogP contribution in [0.1, 0.15) is 44.9 Å². The molecule has 3 atom stereocenters. The molecule has 1 aromatic rings. The molecule has 2 heterocycles. The molecule has 1 aliphatic carbocycles. The van der Waals surface area contributed by atoms with Gasteiger partial charge in [-0.2, -0.15) is 0 Å². The fraction of sp³-hybridized carbons (Fsp3) is 0.579. The van der Waals surface area contributed by atoms with Crippen LogP contribution in [0.5, 0.6) is 0 Å². The molecule has 2 aliphatic heterocycles. The highest BCUT2D eigenvalue weighted by Crippen LogP contribution is 2.33. The van der Waals surface area contributed by atoms with Crippen molar-refractivity contribution in [1.29, 1.82) is 0 Å². The zero-order valence-corrected chi connectivity index (χ0v) is 16.1. The van der Waals surface area contributed by atoms with Crippen LogP contribution < -0.4 is 15.4 Å². The minimum Gasteiger partial charge on any atom is -0.325 e. The predicted octanol–water partition coefficient (Wildman–Crippen LogP) is 2.02. The molecular weight excluding hydrogens is 364 g/mol. The molecule has 1 aromatic carbocycles. The Morgan fingerprint density at radius 2 is 2.04 bits per heavy atom. The van der Waals surface area contributed by atoms with E-state index in [0.29, 0.717) is 36.4 Å². The summed E-state index contributed by atoms with van der Waals surface area (Å²) in [6.45, 7) is 0.657. The first kappa shape index (κ1) is 18.4. The van der Waals surface area contributed by atoms with Gasteiger partial charge in [0.25, 0.3) is 10.0 Å². The first-order valence-corrected chi connectivity index (χ1v) is 11.2. The molecule has 0 radical (unpaired) electrons. The highest BCUT2D eigenvalue weighted by atomic mass is 32.2. The molecule has 4 rings (SSSR count). The lowest BCUT2D eigenvalue weighted by atomic mass is 9.85. The number of carbonyl (C=O) groups excluding carboxylic acids is 1. The van der Waals surface area contributed by atoms with Crippen LogP contribution in [0.2, 0.25) is 0 Å². The number of rotatable bonds is 4. The number of hydrogen-bond donors (Lipinski definition) is 3. The van der Waals surface area contributed by atoms with Gasteiger partial charge in [-0.3, -0.25) is 14.5 Å². The Morgan fingerprint density at radius 3 is 2.81 bits per heavy atom. The van der Waals surface area contributed by atoms with Gasteiger partial charge in [-0.05, 0) is 49.8 Å². The molecule has 7 nitrogen and oxygen atoms in total. The second-order valence-corrected chi connectivity index (χ2v) is 9.34. The second kappa shape index (κ2) is 7.59. The number of fused-ring (bicyclic) bond motifs is 1. The van der Waals surface area contributed by atoms with Crippen molar-refractivity contribution in [2.45, 2.75) is 61.9 Å². The van der Waals surface area contributed by atoms with E-state index in [1.165, 1.54) is 31.4 Å². The number of hydrogen-bond acceptors (Lipinski definition) is 5. The van der Waals surface area contributed by atoms with Gasteiger partial charge in [-0.1, -0.05) is 18.9 Å². The van der Waals surface area contributed by atoms with Crippen LogP contribution in [0, 0.1) is 5.92 Å². The van der Waals surface area contributed by atoms with E-state index in [1.54, 1.807) is 12.1 Å². The Labute approximate surface area is 160 Å². The van der Waals surface area contributed by atoms with Crippen molar-refractivity contribution in [3.63, 3.8) is 0 Å². The summed E-state index contributed by atoms with van der Waals surface area (Å²) >= 11 is 0. The Bertz CT molecular complexity index is 838. The summed E-state index contributed by atoms with van der Waals surface area (Å²) in [6.07, 6.45) is 7.16. The van der Waals surface area contributed by atoms with Crippen molar-refractivity contribution in [3.05, 3.63) is 24.3 Å². The van der Waals surface area contributed by atoms with Crippen LogP contribution in [0.25, 0.3) is 0 Å². The van der Waals surface area contributed by atoms with Crippen LogP contribution in [-0.2, 0) is 14.8 Å². The third-order valence-electron chi connectivity index (χ3n) is 5.72. The van der Waals surface area contributed by atoms with Gasteiger partial charge in [0.15, 0.2) is 0 Å². The number of aliphatic imine (C=N–C) groups is 1. The maximum atomic E-state index is 12.6.